The number of amides is 1. The van der Waals surface area contributed by atoms with Crippen molar-refractivity contribution in [1.82, 2.24) is 10.2 Å². The van der Waals surface area contributed by atoms with Crippen LogP contribution in [0.5, 0.6) is 0 Å². The molecule has 1 N–H and O–H groups in total. The Labute approximate surface area is 190 Å². The second kappa shape index (κ2) is 7.75. The van der Waals surface area contributed by atoms with Gasteiger partial charge in [-0.1, -0.05) is 34.1 Å². The summed E-state index contributed by atoms with van der Waals surface area (Å²) in [6.07, 6.45) is 4.16. The zero-order valence-electron chi connectivity index (χ0n) is 17.7. The first-order valence-electron chi connectivity index (χ1n) is 11.5. The lowest BCUT2D eigenvalue weighted by Crippen LogP contribution is -2.59. The summed E-state index contributed by atoms with van der Waals surface area (Å²) in [4.78, 5) is 15.5. The molecule has 6 rings (SSSR count). The van der Waals surface area contributed by atoms with E-state index in [1.807, 2.05) is 0 Å². The van der Waals surface area contributed by atoms with Crippen molar-refractivity contribution >= 4 is 21.8 Å². The highest BCUT2D eigenvalue weighted by molar-refractivity contribution is 9.10. The average Bonchev–Trinajstić information content (AvgIpc) is 2.67. The third-order valence-electron chi connectivity index (χ3n) is 8.05. The Kier molecular flexibility index (Phi) is 5.44. The number of halogens is 4. The van der Waals surface area contributed by atoms with Crippen LogP contribution in [-0.4, -0.2) is 34.3 Å². The summed E-state index contributed by atoms with van der Waals surface area (Å²) >= 11 is 3.99. The molecule has 1 aromatic carbocycles. The first-order chi connectivity index (χ1) is 14.6. The Morgan fingerprint density at radius 2 is 1.81 bits per heavy atom. The van der Waals surface area contributed by atoms with E-state index >= 15 is 0 Å². The molecule has 0 aromatic heterocycles. The maximum Gasteiger partial charge on any atom is 0.416 e. The lowest BCUT2D eigenvalue weighted by Gasteiger charge is -2.59. The molecule has 1 amide bonds. The zero-order chi connectivity index (χ0) is 21.9. The van der Waals surface area contributed by atoms with Gasteiger partial charge in [-0.2, -0.15) is 13.2 Å². The van der Waals surface area contributed by atoms with E-state index in [2.05, 4.69) is 26.1 Å². The summed E-state index contributed by atoms with van der Waals surface area (Å²) in [5.74, 6) is 1.61. The van der Waals surface area contributed by atoms with Crippen LogP contribution in [0.15, 0.2) is 24.3 Å². The van der Waals surface area contributed by atoms with Crippen molar-refractivity contribution in [3.63, 3.8) is 0 Å². The van der Waals surface area contributed by atoms with Gasteiger partial charge in [-0.05, 0) is 74.8 Å². The fraction of sp³-hybridized carbons (Fsp3) is 0.708. The molecule has 2 atom stereocenters. The van der Waals surface area contributed by atoms with Gasteiger partial charge in [0.05, 0.1) is 11.0 Å². The molecular weight excluding hydrogens is 469 g/mol. The second-order valence-electron chi connectivity index (χ2n) is 10.6. The van der Waals surface area contributed by atoms with Crippen molar-refractivity contribution in [3.05, 3.63) is 35.4 Å². The number of carbonyl (C=O) groups is 1. The lowest BCUT2D eigenvalue weighted by atomic mass is 9.49. The van der Waals surface area contributed by atoms with Gasteiger partial charge < -0.3 is 5.32 Å². The number of piperidine rings is 1. The van der Waals surface area contributed by atoms with Crippen molar-refractivity contribution in [2.75, 3.05) is 13.1 Å². The van der Waals surface area contributed by atoms with Gasteiger partial charge in [0, 0.05) is 30.0 Å². The Balaban J connectivity index is 1.15. The van der Waals surface area contributed by atoms with Gasteiger partial charge in [0.15, 0.2) is 0 Å². The van der Waals surface area contributed by atoms with Gasteiger partial charge in [0.2, 0.25) is 5.91 Å². The van der Waals surface area contributed by atoms with Gasteiger partial charge in [0.1, 0.15) is 0 Å². The van der Waals surface area contributed by atoms with Gasteiger partial charge in [-0.25, -0.2) is 0 Å². The van der Waals surface area contributed by atoms with Crippen molar-refractivity contribution in [2.24, 2.45) is 17.3 Å². The average molecular weight is 499 g/mol. The highest BCUT2D eigenvalue weighted by Gasteiger charge is 2.59. The van der Waals surface area contributed by atoms with E-state index in [1.165, 1.54) is 31.4 Å². The summed E-state index contributed by atoms with van der Waals surface area (Å²) in [7, 11) is 0. The van der Waals surface area contributed by atoms with Crippen LogP contribution >= 0.6 is 15.9 Å². The Morgan fingerprint density at radius 1 is 1.13 bits per heavy atom. The summed E-state index contributed by atoms with van der Waals surface area (Å²) in [6, 6.07) is 5.77. The highest BCUT2D eigenvalue weighted by Crippen LogP contribution is 2.64. The van der Waals surface area contributed by atoms with Crippen LogP contribution in [0.2, 0.25) is 0 Å². The summed E-state index contributed by atoms with van der Waals surface area (Å²) in [5.41, 5.74) is -0.0938. The molecule has 1 aliphatic heterocycles. The molecule has 1 heterocycles. The van der Waals surface area contributed by atoms with E-state index in [-0.39, 0.29) is 21.7 Å². The molecule has 0 radical (unpaired) electrons. The zero-order valence-corrected chi connectivity index (χ0v) is 19.3. The van der Waals surface area contributed by atoms with E-state index in [1.54, 1.807) is 6.07 Å². The number of hydrogen-bond acceptors (Lipinski definition) is 2. The molecule has 4 saturated carbocycles. The molecule has 1 saturated heterocycles. The Bertz CT molecular complexity index is 835. The van der Waals surface area contributed by atoms with Crippen molar-refractivity contribution in [1.29, 1.82) is 0 Å². The quantitative estimate of drug-likeness (QED) is 0.554. The van der Waals surface area contributed by atoms with Gasteiger partial charge >= 0.3 is 6.18 Å². The van der Waals surface area contributed by atoms with Crippen LogP contribution in [0.4, 0.5) is 13.2 Å². The molecule has 31 heavy (non-hydrogen) atoms. The minimum atomic E-state index is -4.31. The smallest absolute Gasteiger partial charge is 0.353 e. The Hall–Kier alpha value is -1.08. The molecule has 7 heteroatoms. The van der Waals surface area contributed by atoms with E-state index in [0.717, 1.165) is 51.3 Å². The summed E-state index contributed by atoms with van der Waals surface area (Å²) in [5, 5.41) is 3.37. The molecule has 0 spiro atoms. The number of alkyl halides is 4. The molecule has 2 unspecified atom stereocenters. The third kappa shape index (κ3) is 4.41. The van der Waals surface area contributed by atoms with E-state index < -0.39 is 11.7 Å². The van der Waals surface area contributed by atoms with Crippen LogP contribution in [0, 0.1) is 17.3 Å². The number of likely N-dealkylation sites (tertiary alicyclic amines) is 1. The predicted molar refractivity (Wildman–Crippen MR) is 117 cm³/mol. The number of nitrogens with zero attached hydrogens (tertiary/aromatic N) is 1. The SMILES string of the molecule is O=C(NC1CCN(Cc2cccc(C(F)(F)F)c2)CC1)C12CC3CC(CC(Br)(C3)C1)C2. The second-order valence-corrected chi connectivity index (χ2v) is 12.3. The first kappa shape index (κ1) is 21.7. The van der Waals surface area contributed by atoms with E-state index in [4.69, 9.17) is 0 Å². The monoisotopic (exact) mass is 498 g/mol. The normalized spacial score (nSPS) is 36.0. The van der Waals surface area contributed by atoms with Gasteiger partial charge in [0.25, 0.3) is 0 Å². The molecule has 170 valence electrons. The van der Waals surface area contributed by atoms with Crippen LogP contribution in [0.3, 0.4) is 0 Å². The topological polar surface area (TPSA) is 32.3 Å². The third-order valence-corrected chi connectivity index (χ3v) is 8.98. The highest BCUT2D eigenvalue weighted by atomic mass is 79.9. The summed E-state index contributed by atoms with van der Waals surface area (Å²) in [6.45, 7) is 2.10. The number of nitrogens with one attached hydrogen (secondary N) is 1. The minimum absolute atomic E-state index is 0.169. The van der Waals surface area contributed by atoms with Crippen LogP contribution in [0.1, 0.15) is 62.5 Å². The molecule has 4 bridgehead atoms. The maximum atomic E-state index is 13.4. The van der Waals surface area contributed by atoms with E-state index in [9.17, 15) is 18.0 Å². The molecule has 1 aromatic rings. The first-order valence-corrected chi connectivity index (χ1v) is 12.3. The van der Waals surface area contributed by atoms with Crippen molar-refractivity contribution in [2.45, 2.75) is 74.5 Å². The maximum absolute atomic E-state index is 13.4. The van der Waals surface area contributed by atoms with Crippen LogP contribution in [-0.2, 0) is 17.5 Å². The predicted octanol–water partition coefficient (Wildman–Crippen LogP) is 5.52. The van der Waals surface area contributed by atoms with Crippen molar-refractivity contribution < 1.29 is 18.0 Å². The summed E-state index contributed by atoms with van der Waals surface area (Å²) < 4.78 is 39.0. The van der Waals surface area contributed by atoms with E-state index in [0.29, 0.717) is 23.9 Å². The standard InChI is InChI=1S/C24H30BrF3N2O/c25-23-12-17-8-18(13-23)11-22(10-17,15-23)21(31)29-20-4-6-30(7-5-20)14-16-2-1-3-19(9-16)24(26,27)28/h1-3,9,17-18,20H,4-8,10-15H2,(H,29,31). The van der Waals surface area contributed by atoms with Crippen molar-refractivity contribution in [3.8, 4) is 0 Å². The minimum Gasteiger partial charge on any atom is -0.353 e. The molecular formula is C24H30BrF3N2O. The number of rotatable bonds is 4. The molecule has 5 fully saturated rings. The van der Waals surface area contributed by atoms with Crippen LogP contribution in [0.25, 0.3) is 0 Å². The fourth-order valence-corrected chi connectivity index (χ4v) is 8.55. The van der Waals surface area contributed by atoms with Gasteiger partial charge in [-0.15, -0.1) is 0 Å². The molecule has 4 aliphatic carbocycles. The van der Waals surface area contributed by atoms with Gasteiger partial charge in [-0.3, -0.25) is 9.69 Å². The fourth-order valence-electron chi connectivity index (χ4n) is 7.09. The lowest BCUT2D eigenvalue weighted by molar-refractivity contribution is -0.145. The number of hydrogen-bond donors (Lipinski definition) is 1. The van der Waals surface area contributed by atoms with Crippen LogP contribution < -0.4 is 5.32 Å². The molecule has 3 nitrogen and oxygen atoms in total. The molecule has 5 aliphatic rings. The number of benzene rings is 1. The largest absolute Gasteiger partial charge is 0.416 e. The Morgan fingerprint density at radius 3 is 2.42 bits per heavy atom. The number of carbonyl (C=O) groups excluding carboxylic acids is 1.